The zero-order chi connectivity index (χ0) is 19.1. The number of anilines is 1. The van der Waals surface area contributed by atoms with Crippen LogP contribution in [0.4, 0.5) is 5.69 Å². The summed E-state index contributed by atoms with van der Waals surface area (Å²) in [6.45, 7) is 2.50. The molecule has 0 bridgehead atoms. The lowest BCUT2D eigenvalue weighted by molar-refractivity contribution is -0.136. The number of furan rings is 1. The number of methoxy groups -OCH3 is 1. The Morgan fingerprint density at radius 2 is 1.93 bits per heavy atom. The maximum absolute atomic E-state index is 12.7. The maximum atomic E-state index is 12.7. The molecule has 1 aromatic heterocycles. The molecule has 2 heterocycles. The summed E-state index contributed by atoms with van der Waals surface area (Å²) in [7, 11) is 1.63. The molecule has 2 aromatic rings. The molecule has 0 radical (unpaired) electrons. The van der Waals surface area contributed by atoms with E-state index in [0.29, 0.717) is 18.8 Å². The fraction of sp³-hybridized carbons (Fsp3) is 0.400. The van der Waals surface area contributed by atoms with Crippen molar-refractivity contribution >= 4 is 17.5 Å². The van der Waals surface area contributed by atoms with Gasteiger partial charge in [-0.05, 0) is 55.8 Å². The van der Waals surface area contributed by atoms with E-state index in [1.165, 1.54) is 6.26 Å². The van der Waals surface area contributed by atoms with Crippen molar-refractivity contribution in [3.8, 4) is 0 Å². The molecule has 1 aromatic carbocycles. The van der Waals surface area contributed by atoms with Crippen molar-refractivity contribution in [3.05, 3.63) is 54.0 Å². The number of amides is 2. The van der Waals surface area contributed by atoms with Gasteiger partial charge in [-0.2, -0.15) is 0 Å². The van der Waals surface area contributed by atoms with Crippen LogP contribution >= 0.6 is 0 Å². The van der Waals surface area contributed by atoms with E-state index in [1.807, 2.05) is 12.1 Å². The van der Waals surface area contributed by atoms with Gasteiger partial charge in [-0.25, -0.2) is 0 Å². The molecule has 144 valence electrons. The minimum absolute atomic E-state index is 0.0287. The molecule has 0 spiro atoms. The highest BCUT2D eigenvalue weighted by Crippen LogP contribution is 2.29. The zero-order valence-electron chi connectivity index (χ0n) is 15.4. The summed E-state index contributed by atoms with van der Waals surface area (Å²) < 4.78 is 10.4. The number of rotatable bonds is 7. The lowest BCUT2D eigenvalue weighted by atomic mass is 9.78. The van der Waals surface area contributed by atoms with E-state index in [1.54, 1.807) is 31.4 Å². The van der Waals surface area contributed by atoms with Crippen LogP contribution in [0.25, 0.3) is 0 Å². The second-order valence-electron chi connectivity index (χ2n) is 6.77. The predicted molar refractivity (Wildman–Crippen MR) is 101 cm³/mol. The molecule has 3 N–H and O–H groups in total. The fourth-order valence-electron chi connectivity index (χ4n) is 3.29. The highest BCUT2D eigenvalue weighted by molar-refractivity contribution is 6.02. The van der Waals surface area contributed by atoms with Gasteiger partial charge < -0.3 is 25.1 Å². The van der Waals surface area contributed by atoms with Gasteiger partial charge in [0.1, 0.15) is 0 Å². The number of carbonyl (C=O) groups is 2. The first-order chi connectivity index (χ1) is 13.1. The number of ether oxygens (including phenoxy) is 1. The first kappa shape index (κ1) is 19.1. The maximum Gasteiger partial charge on any atom is 0.291 e. The van der Waals surface area contributed by atoms with E-state index >= 15 is 0 Å². The molecule has 0 atom stereocenters. The van der Waals surface area contributed by atoms with Crippen LogP contribution in [0.15, 0.2) is 47.1 Å². The van der Waals surface area contributed by atoms with E-state index in [4.69, 9.17) is 9.15 Å². The normalized spacial score (nSPS) is 15.9. The Hall–Kier alpha value is -2.64. The summed E-state index contributed by atoms with van der Waals surface area (Å²) >= 11 is 0. The Morgan fingerprint density at radius 3 is 2.56 bits per heavy atom. The second-order valence-corrected chi connectivity index (χ2v) is 6.77. The number of benzene rings is 1. The monoisotopic (exact) mass is 371 g/mol. The van der Waals surface area contributed by atoms with Gasteiger partial charge in [0.15, 0.2) is 5.76 Å². The molecule has 3 rings (SSSR count). The fourth-order valence-corrected chi connectivity index (χ4v) is 3.29. The molecule has 1 aliphatic heterocycles. The van der Waals surface area contributed by atoms with Crippen molar-refractivity contribution in [2.75, 3.05) is 32.1 Å². The summed E-state index contributed by atoms with van der Waals surface area (Å²) in [6.07, 6.45) is 2.99. The van der Waals surface area contributed by atoms with Gasteiger partial charge >= 0.3 is 0 Å². The van der Waals surface area contributed by atoms with Gasteiger partial charge in [-0.15, -0.1) is 0 Å². The SMILES string of the molecule is COCC1(C(=O)NCc2ccc(NC(=O)c3ccco3)cc2)CCNCC1. The van der Waals surface area contributed by atoms with Crippen molar-refractivity contribution < 1.29 is 18.7 Å². The zero-order valence-corrected chi connectivity index (χ0v) is 15.4. The topological polar surface area (TPSA) is 92.6 Å². The predicted octanol–water partition coefficient (Wildman–Crippen LogP) is 2.16. The Balaban J connectivity index is 1.55. The molecule has 7 heteroatoms. The summed E-state index contributed by atoms with van der Waals surface area (Å²) in [5, 5.41) is 9.08. The van der Waals surface area contributed by atoms with Crippen molar-refractivity contribution in [2.45, 2.75) is 19.4 Å². The first-order valence-corrected chi connectivity index (χ1v) is 9.05. The Kier molecular flexibility index (Phi) is 6.26. The first-order valence-electron chi connectivity index (χ1n) is 9.05. The number of hydrogen-bond donors (Lipinski definition) is 3. The standard InChI is InChI=1S/C20H25N3O4/c1-26-14-20(8-10-21-11-9-20)19(25)22-13-15-4-6-16(7-5-15)23-18(24)17-3-2-12-27-17/h2-7,12,21H,8-11,13-14H2,1H3,(H,22,25)(H,23,24). The molecular weight excluding hydrogens is 346 g/mol. The molecule has 0 aliphatic carbocycles. The molecule has 2 amide bonds. The molecule has 0 unspecified atom stereocenters. The Bertz CT molecular complexity index is 745. The highest BCUT2D eigenvalue weighted by Gasteiger charge is 2.39. The number of piperidine rings is 1. The van der Waals surface area contributed by atoms with Crippen LogP contribution in [0, 0.1) is 5.41 Å². The second kappa shape index (κ2) is 8.83. The van der Waals surface area contributed by atoms with Crippen LogP contribution in [-0.4, -0.2) is 38.6 Å². The average Bonchev–Trinajstić information content (AvgIpc) is 3.23. The van der Waals surface area contributed by atoms with E-state index in [9.17, 15) is 9.59 Å². The minimum atomic E-state index is -0.461. The van der Waals surface area contributed by atoms with Gasteiger partial charge in [0.2, 0.25) is 5.91 Å². The molecule has 7 nitrogen and oxygen atoms in total. The highest BCUT2D eigenvalue weighted by atomic mass is 16.5. The van der Waals surface area contributed by atoms with Crippen LogP contribution in [0.3, 0.4) is 0 Å². The summed E-state index contributed by atoms with van der Waals surface area (Å²) in [5.41, 5.74) is 1.17. The largest absolute Gasteiger partial charge is 0.459 e. The summed E-state index contributed by atoms with van der Waals surface area (Å²) in [6, 6.07) is 10.6. The lowest BCUT2D eigenvalue weighted by Crippen LogP contribution is -2.49. The van der Waals surface area contributed by atoms with Crippen LogP contribution in [-0.2, 0) is 16.1 Å². The van der Waals surface area contributed by atoms with Crippen LogP contribution in [0.5, 0.6) is 0 Å². The van der Waals surface area contributed by atoms with Crippen LogP contribution in [0.1, 0.15) is 29.0 Å². The van der Waals surface area contributed by atoms with Gasteiger partial charge in [-0.3, -0.25) is 9.59 Å². The third kappa shape index (κ3) is 4.75. The van der Waals surface area contributed by atoms with E-state index in [2.05, 4.69) is 16.0 Å². The Labute approximate surface area is 158 Å². The third-order valence-electron chi connectivity index (χ3n) is 4.87. The van der Waals surface area contributed by atoms with Crippen molar-refractivity contribution in [1.29, 1.82) is 0 Å². The van der Waals surface area contributed by atoms with E-state index < -0.39 is 5.41 Å². The number of nitrogens with one attached hydrogen (secondary N) is 3. The van der Waals surface area contributed by atoms with Crippen LogP contribution < -0.4 is 16.0 Å². The molecule has 1 aliphatic rings. The van der Waals surface area contributed by atoms with Crippen molar-refractivity contribution in [2.24, 2.45) is 5.41 Å². The average molecular weight is 371 g/mol. The van der Waals surface area contributed by atoms with Gasteiger partial charge in [0.05, 0.1) is 18.3 Å². The number of carbonyl (C=O) groups excluding carboxylic acids is 2. The van der Waals surface area contributed by atoms with Crippen molar-refractivity contribution in [1.82, 2.24) is 10.6 Å². The van der Waals surface area contributed by atoms with Crippen LogP contribution in [0.2, 0.25) is 0 Å². The third-order valence-corrected chi connectivity index (χ3v) is 4.87. The van der Waals surface area contributed by atoms with Gasteiger partial charge in [0.25, 0.3) is 5.91 Å². The molecule has 27 heavy (non-hydrogen) atoms. The summed E-state index contributed by atoms with van der Waals surface area (Å²) in [5.74, 6) is -0.00808. The molecule has 1 fully saturated rings. The Morgan fingerprint density at radius 1 is 1.19 bits per heavy atom. The van der Waals surface area contributed by atoms with Gasteiger partial charge in [0, 0.05) is 19.3 Å². The molecule has 0 saturated carbocycles. The summed E-state index contributed by atoms with van der Waals surface area (Å²) in [4.78, 5) is 24.7. The molecule has 1 saturated heterocycles. The number of hydrogen-bond acceptors (Lipinski definition) is 5. The smallest absolute Gasteiger partial charge is 0.291 e. The lowest BCUT2D eigenvalue weighted by Gasteiger charge is -2.35. The quantitative estimate of drug-likeness (QED) is 0.694. The molecular formula is C20H25N3O4. The van der Waals surface area contributed by atoms with Gasteiger partial charge in [-0.1, -0.05) is 12.1 Å². The van der Waals surface area contributed by atoms with E-state index in [-0.39, 0.29) is 17.6 Å². The van der Waals surface area contributed by atoms with E-state index in [0.717, 1.165) is 31.5 Å². The van der Waals surface area contributed by atoms with Crippen molar-refractivity contribution in [3.63, 3.8) is 0 Å². The minimum Gasteiger partial charge on any atom is -0.459 e.